The van der Waals surface area contributed by atoms with Gasteiger partial charge in [-0.15, -0.1) is 11.3 Å². The number of amides is 3. The smallest absolute Gasteiger partial charge is 0.322 e. The third-order valence-electron chi connectivity index (χ3n) is 7.37. The summed E-state index contributed by atoms with van der Waals surface area (Å²) in [4.78, 5) is 32.8. The molecule has 4 rings (SSSR count). The van der Waals surface area contributed by atoms with Gasteiger partial charge in [-0.2, -0.15) is 0 Å². The number of thiophene rings is 1. The Bertz CT molecular complexity index is 1340. The molecule has 1 heterocycles. The van der Waals surface area contributed by atoms with E-state index in [0.717, 1.165) is 59.6 Å². The second kappa shape index (κ2) is 14.3. The highest BCUT2D eigenvalue weighted by atomic mass is 32.1. The van der Waals surface area contributed by atoms with Crippen molar-refractivity contribution in [2.24, 2.45) is 0 Å². The van der Waals surface area contributed by atoms with E-state index in [4.69, 9.17) is 9.47 Å². The average molecular weight is 586 g/mol. The van der Waals surface area contributed by atoms with Crippen LogP contribution in [0.5, 0.6) is 11.5 Å². The summed E-state index contributed by atoms with van der Waals surface area (Å²) < 4.78 is 38.6. The lowest BCUT2D eigenvalue weighted by molar-refractivity contribution is -0.132. The summed E-state index contributed by atoms with van der Waals surface area (Å²) in [5.41, 5.74) is 0.862. The molecular formula is C31H37F2N3O4S. The number of carbonyl (C=O) groups is 2. The Balaban J connectivity index is 1.54. The van der Waals surface area contributed by atoms with E-state index in [0.29, 0.717) is 31.0 Å². The van der Waals surface area contributed by atoms with Gasteiger partial charge in [0.15, 0.2) is 11.5 Å². The van der Waals surface area contributed by atoms with Crippen molar-refractivity contribution in [2.45, 2.75) is 58.0 Å². The number of hydrogen-bond donors (Lipinski definition) is 1. The van der Waals surface area contributed by atoms with Crippen LogP contribution >= 0.6 is 11.3 Å². The van der Waals surface area contributed by atoms with Gasteiger partial charge in [-0.25, -0.2) is 13.6 Å². The number of ether oxygens (including phenoxy) is 2. The molecule has 7 nitrogen and oxygen atoms in total. The topological polar surface area (TPSA) is 71.1 Å². The number of nitrogens with one attached hydrogen (secondary N) is 1. The Labute approximate surface area is 244 Å². The molecule has 3 amide bonds. The molecule has 0 unspecified atom stereocenters. The summed E-state index contributed by atoms with van der Waals surface area (Å²) in [6.45, 7) is 2.72. The Morgan fingerprint density at radius 1 is 0.976 bits per heavy atom. The predicted octanol–water partition coefficient (Wildman–Crippen LogP) is 6.79. The van der Waals surface area contributed by atoms with Gasteiger partial charge in [0.1, 0.15) is 18.2 Å². The van der Waals surface area contributed by atoms with E-state index in [-0.39, 0.29) is 24.2 Å². The van der Waals surface area contributed by atoms with Crippen LogP contribution in [0, 0.1) is 18.6 Å². The highest BCUT2D eigenvalue weighted by molar-refractivity contribution is 7.11. The summed E-state index contributed by atoms with van der Waals surface area (Å²) in [5, 5.41) is 2.56. The van der Waals surface area contributed by atoms with Gasteiger partial charge >= 0.3 is 6.03 Å². The molecule has 2 aromatic carbocycles. The van der Waals surface area contributed by atoms with Gasteiger partial charge in [0.25, 0.3) is 0 Å². The van der Waals surface area contributed by atoms with E-state index in [2.05, 4.69) is 5.32 Å². The van der Waals surface area contributed by atoms with Crippen LogP contribution < -0.4 is 14.8 Å². The molecule has 220 valence electrons. The predicted molar refractivity (Wildman–Crippen MR) is 157 cm³/mol. The number of anilines is 1. The summed E-state index contributed by atoms with van der Waals surface area (Å²) in [6, 6.07) is 12.0. The van der Waals surface area contributed by atoms with Crippen molar-refractivity contribution in [3.05, 3.63) is 75.5 Å². The minimum Gasteiger partial charge on any atom is -0.493 e. The molecular weight excluding hydrogens is 548 g/mol. The minimum absolute atomic E-state index is 0.121. The van der Waals surface area contributed by atoms with E-state index >= 15 is 0 Å². The standard InChI is InChI=1S/C31H37F2N3O4S/c1-21-9-12-25(41-21)19-35(16-15-22-10-14-28(39-2)29(17-22)40-3)30(37)20-36(24-7-5-4-6-8-24)31(38)34-27-13-11-23(32)18-26(27)33/h9-14,17-18,24H,4-8,15-16,19-20H2,1-3H3,(H,34,38). The molecule has 0 atom stereocenters. The molecule has 1 aliphatic carbocycles. The number of benzene rings is 2. The maximum Gasteiger partial charge on any atom is 0.322 e. The summed E-state index contributed by atoms with van der Waals surface area (Å²) in [5.74, 6) is -0.543. The molecule has 41 heavy (non-hydrogen) atoms. The van der Waals surface area contributed by atoms with Crippen LogP contribution in [-0.2, 0) is 17.8 Å². The summed E-state index contributed by atoms with van der Waals surface area (Å²) >= 11 is 1.63. The van der Waals surface area contributed by atoms with Crippen molar-refractivity contribution in [2.75, 3.05) is 32.6 Å². The van der Waals surface area contributed by atoms with Crippen LogP contribution in [0.4, 0.5) is 19.3 Å². The Morgan fingerprint density at radius 2 is 1.73 bits per heavy atom. The van der Waals surface area contributed by atoms with Gasteiger partial charge in [-0.3, -0.25) is 4.79 Å². The molecule has 1 N–H and O–H groups in total. The van der Waals surface area contributed by atoms with Gasteiger partial charge < -0.3 is 24.6 Å². The molecule has 0 radical (unpaired) electrons. The largest absolute Gasteiger partial charge is 0.493 e. The molecule has 1 aliphatic rings. The van der Waals surface area contributed by atoms with E-state index in [1.807, 2.05) is 37.3 Å². The lowest BCUT2D eigenvalue weighted by Crippen LogP contribution is -2.50. The minimum atomic E-state index is -0.863. The molecule has 0 spiro atoms. The molecule has 3 aromatic rings. The van der Waals surface area contributed by atoms with Crippen molar-refractivity contribution in [3.63, 3.8) is 0 Å². The Hall–Kier alpha value is -3.66. The molecule has 1 saturated carbocycles. The van der Waals surface area contributed by atoms with E-state index in [1.165, 1.54) is 11.0 Å². The summed E-state index contributed by atoms with van der Waals surface area (Å²) in [7, 11) is 3.17. The first-order valence-electron chi connectivity index (χ1n) is 13.8. The fourth-order valence-electron chi connectivity index (χ4n) is 5.13. The van der Waals surface area contributed by atoms with Crippen molar-refractivity contribution >= 4 is 29.0 Å². The van der Waals surface area contributed by atoms with Crippen LogP contribution in [-0.4, -0.2) is 55.1 Å². The fourth-order valence-corrected chi connectivity index (χ4v) is 6.04. The Kier molecular flexibility index (Phi) is 10.6. The van der Waals surface area contributed by atoms with Gasteiger partial charge in [0.2, 0.25) is 5.91 Å². The molecule has 10 heteroatoms. The number of halogens is 2. The van der Waals surface area contributed by atoms with Crippen molar-refractivity contribution in [1.82, 2.24) is 9.80 Å². The Morgan fingerprint density at radius 3 is 2.39 bits per heavy atom. The first kappa shape index (κ1) is 30.3. The fraction of sp³-hybridized carbons (Fsp3) is 0.419. The second-order valence-corrected chi connectivity index (χ2v) is 11.6. The number of nitrogens with zero attached hydrogens (tertiary/aromatic N) is 2. The molecule has 1 fully saturated rings. The van der Waals surface area contributed by atoms with Crippen LogP contribution in [0.2, 0.25) is 0 Å². The van der Waals surface area contributed by atoms with E-state index in [1.54, 1.807) is 30.5 Å². The third-order valence-corrected chi connectivity index (χ3v) is 8.35. The van der Waals surface area contributed by atoms with E-state index < -0.39 is 17.7 Å². The van der Waals surface area contributed by atoms with Gasteiger partial charge in [0, 0.05) is 28.4 Å². The monoisotopic (exact) mass is 585 g/mol. The summed E-state index contributed by atoms with van der Waals surface area (Å²) in [6.07, 6.45) is 5.08. The van der Waals surface area contributed by atoms with Crippen molar-refractivity contribution in [1.29, 1.82) is 0 Å². The number of hydrogen-bond acceptors (Lipinski definition) is 5. The molecule has 0 saturated heterocycles. The van der Waals surface area contributed by atoms with Crippen LogP contribution in [0.25, 0.3) is 0 Å². The molecule has 0 bridgehead atoms. The molecule has 0 aliphatic heterocycles. The average Bonchev–Trinajstić information content (AvgIpc) is 3.39. The van der Waals surface area contributed by atoms with Crippen LogP contribution in [0.3, 0.4) is 0 Å². The van der Waals surface area contributed by atoms with Gasteiger partial charge in [0.05, 0.1) is 26.5 Å². The van der Waals surface area contributed by atoms with Crippen molar-refractivity contribution in [3.8, 4) is 11.5 Å². The first-order chi connectivity index (χ1) is 19.8. The van der Waals surface area contributed by atoms with Crippen LogP contribution in [0.1, 0.15) is 47.4 Å². The second-order valence-electron chi connectivity index (χ2n) is 10.2. The van der Waals surface area contributed by atoms with Crippen LogP contribution in [0.15, 0.2) is 48.5 Å². The maximum atomic E-state index is 14.4. The zero-order chi connectivity index (χ0) is 29.4. The number of rotatable bonds is 11. The van der Waals surface area contributed by atoms with Gasteiger partial charge in [-0.05, 0) is 68.1 Å². The number of methoxy groups -OCH3 is 2. The zero-order valence-electron chi connectivity index (χ0n) is 23.8. The lowest BCUT2D eigenvalue weighted by atomic mass is 9.94. The highest BCUT2D eigenvalue weighted by Crippen LogP contribution is 2.28. The maximum absolute atomic E-state index is 14.4. The first-order valence-corrected chi connectivity index (χ1v) is 14.7. The molecule has 1 aromatic heterocycles. The van der Waals surface area contributed by atoms with Crippen molar-refractivity contribution < 1.29 is 27.8 Å². The quantitative estimate of drug-likeness (QED) is 0.269. The van der Waals surface area contributed by atoms with E-state index in [9.17, 15) is 18.4 Å². The zero-order valence-corrected chi connectivity index (χ0v) is 24.6. The highest BCUT2D eigenvalue weighted by Gasteiger charge is 2.30. The number of aryl methyl sites for hydroxylation is 1. The number of urea groups is 1. The normalized spacial score (nSPS) is 13.5. The van der Waals surface area contributed by atoms with Gasteiger partial charge in [-0.1, -0.05) is 25.3 Å². The SMILES string of the molecule is COc1ccc(CCN(Cc2ccc(C)s2)C(=O)CN(C(=O)Nc2ccc(F)cc2F)C2CCCCC2)cc1OC. The third kappa shape index (κ3) is 8.19. The lowest BCUT2D eigenvalue weighted by Gasteiger charge is -2.35. The number of carbonyl (C=O) groups excluding carboxylic acids is 2.